The van der Waals surface area contributed by atoms with Crippen molar-refractivity contribution >= 4 is 51.3 Å². The first kappa shape index (κ1) is 20.5. The second kappa shape index (κ2) is 8.63. The molecule has 1 aliphatic heterocycles. The van der Waals surface area contributed by atoms with Crippen LogP contribution in [0, 0.1) is 9.49 Å². The molecule has 30 heavy (non-hydrogen) atoms. The van der Waals surface area contributed by atoms with Gasteiger partial charge >= 0.3 is 0 Å². The molecular weight excluding hydrogens is 507 g/mol. The fraction of sp³-hybridized carbons (Fsp3) is 0.500. The van der Waals surface area contributed by atoms with Crippen molar-refractivity contribution < 1.29 is 0 Å². The molecule has 2 N–H and O–H groups in total. The third kappa shape index (κ3) is 4.05. The highest BCUT2D eigenvalue weighted by molar-refractivity contribution is 14.1. The molecule has 5 rings (SSSR count). The molecule has 6 nitrogen and oxygen atoms in total. The molecule has 3 heterocycles. The number of nitrogens with two attached hydrogens (primary N) is 1. The summed E-state index contributed by atoms with van der Waals surface area (Å²) >= 11 is 4.20. The molecule has 0 saturated carbocycles. The van der Waals surface area contributed by atoms with E-state index in [4.69, 9.17) is 10.7 Å². The molecule has 1 unspecified atom stereocenters. The Hall–Kier alpha value is -1.39. The van der Waals surface area contributed by atoms with E-state index in [0.29, 0.717) is 5.82 Å². The number of anilines is 1. The Bertz CT molecular complexity index is 1080. The van der Waals surface area contributed by atoms with Gasteiger partial charge in [0, 0.05) is 21.6 Å². The molecule has 0 spiro atoms. The predicted octanol–water partition coefficient (Wildman–Crippen LogP) is 4.38. The van der Waals surface area contributed by atoms with Crippen molar-refractivity contribution in [2.24, 2.45) is 5.92 Å². The summed E-state index contributed by atoms with van der Waals surface area (Å²) in [6.07, 6.45) is 8.93. The summed E-state index contributed by atoms with van der Waals surface area (Å²) in [5.41, 5.74) is 10.7. The fourth-order valence-electron chi connectivity index (χ4n) is 4.78. The van der Waals surface area contributed by atoms with Crippen LogP contribution in [0.2, 0.25) is 0 Å². The van der Waals surface area contributed by atoms with E-state index in [1.54, 1.807) is 18.1 Å². The number of halogens is 1. The quantitative estimate of drug-likeness (QED) is 0.490. The van der Waals surface area contributed by atoms with Gasteiger partial charge < -0.3 is 15.2 Å². The molecule has 158 valence electrons. The topological polar surface area (TPSA) is 72.9 Å². The van der Waals surface area contributed by atoms with Crippen molar-refractivity contribution in [1.82, 2.24) is 24.4 Å². The van der Waals surface area contributed by atoms with E-state index in [1.807, 2.05) is 0 Å². The zero-order valence-corrected chi connectivity index (χ0v) is 20.2. The minimum Gasteiger partial charge on any atom is -0.382 e. The largest absolute Gasteiger partial charge is 0.382 e. The van der Waals surface area contributed by atoms with Gasteiger partial charge in [0.15, 0.2) is 22.1 Å². The lowest BCUT2D eigenvalue weighted by atomic mass is 9.95. The van der Waals surface area contributed by atoms with Crippen molar-refractivity contribution in [2.45, 2.75) is 55.1 Å². The van der Waals surface area contributed by atoms with E-state index < -0.39 is 0 Å². The highest BCUT2D eigenvalue weighted by Gasteiger charge is 2.22. The monoisotopic (exact) mass is 534 g/mol. The maximum absolute atomic E-state index is 6.15. The first-order valence-electron chi connectivity index (χ1n) is 10.7. The Balaban J connectivity index is 1.47. The number of piperidine rings is 1. The number of hydrogen-bond donors (Lipinski definition) is 1. The van der Waals surface area contributed by atoms with Gasteiger partial charge in [-0.1, -0.05) is 11.8 Å². The van der Waals surface area contributed by atoms with Gasteiger partial charge in [-0.25, -0.2) is 15.0 Å². The molecule has 2 aromatic heterocycles. The summed E-state index contributed by atoms with van der Waals surface area (Å²) < 4.78 is 3.56. The molecule has 3 aromatic rings. The lowest BCUT2D eigenvalue weighted by Gasteiger charge is -2.29. The summed E-state index contributed by atoms with van der Waals surface area (Å²) in [6, 6.07) is 4.72. The summed E-state index contributed by atoms with van der Waals surface area (Å²) in [5, 5.41) is 0.970. The molecular formula is C22H27IN6S. The third-order valence-electron chi connectivity index (χ3n) is 6.36. The second-order valence-electron chi connectivity index (χ2n) is 8.54. The standard InChI is InChI=1S/C22H27IN6S/c1-28-8-3-4-14(12-28)7-9-29-21-19(20(24)25-13-26-21)27-22(29)30-18-11-16-6-2-5-15(16)10-17(18)23/h10-11,13-14H,2-9,12H2,1H3,(H2,24,25,26). The minimum atomic E-state index is 0.460. The Morgan fingerprint density at radius 1 is 1.20 bits per heavy atom. The van der Waals surface area contributed by atoms with Crippen LogP contribution in [0.15, 0.2) is 28.5 Å². The van der Waals surface area contributed by atoms with Crippen LogP contribution in [0.1, 0.15) is 36.8 Å². The maximum Gasteiger partial charge on any atom is 0.175 e. The van der Waals surface area contributed by atoms with Crippen molar-refractivity contribution in [1.29, 1.82) is 0 Å². The highest BCUT2D eigenvalue weighted by Crippen LogP contribution is 2.37. The van der Waals surface area contributed by atoms with Crippen LogP contribution in [0.4, 0.5) is 5.82 Å². The summed E-state index contributed by atoms with van der Waals surface area (Å²) in [5.74, 6) is 1.18. The zero-order chi connectivity index (χ0) is 20.7. The van der Waals surface area contributed by atoms with E-state index in [1.165, 1.54) is 64.8 Å². The first-order chi connectivity index (χ1) is 14.6. The van der Waals surface area contributed by atoms with Gasteiger partial charge in [-0.3, -0.25) is 0 Å². The Morgan fingerprint density at radius 2 is 2.03 bits per heavy atom. The van der Waals surface area contributed by atoms with Crippen LogP contribution in [0.3, 0.4) is 0 Å². The first-order valence-corrected chi connectivity index (χ1v) is 12.6. The second-order valence-corrected chi connectivity index (χ2v) is 10.7. The molecule has 1 aromatic carbocycles. The van der Waals surface area contributed by atoms with Crippen molar-refractivity contribution in [3.05, 3.63) is 33.2 Å². The molecule has 8 heteroatoms. The van der Waals surface area contributed by atoms with Gasteiger partial charge in [0.25, 0.3) is 0 Å². The number of nitrogens with zero attached hydrogens (tertiary/aromatic N) is 5. The fourth-order valence-corrected chi connectivity index (χ4v) is 6.62. The number of likely N-dealkylation sites (tertiary alicyclic amines) is 1. The van der Waals surface area contributed by atoms with Gasteiger partial charge in [-0.05, 0) is 104 Å². The molecule has 0 amide bonds. The number of benzene rings is 1. The highest BCUT2D eigenvalue weighted by atomic mass is 127. The average Bonchev–Trinajstić information content (AvgIpc) is 3.31. The van der Waals surface area contributed by atoms with Crippen molar-refractivity contribution in [3.63, 3.8) is 0 Å². The molecule has 2 aliphatic rings. The number of nitrogen functional groups attached to an aromatic ring is 1. The molecule has 0 radical (unpaired) electrons. The number of hydrogen-bond acceptors (Lipinski definition) is 6. The van der Waals surface area contributed by atoms with Crippen LogP contribution in [0.5, 0.6) is 0 Å². The lowest BCUT2D eigenvalue weighted by molar-refractivity contribution is 0.197. The van der Waals surface area contributed by atoms with E-state index in [9.17, 15) is 0 Å². The summed E-state index contributed by atoms with van der Waals surface area (Å²) in [6.45, 7) is 3.30. The Labute approximate surface area is 195 Å². The predicted molar refractivity (Wildman–Crippen MR) is 130 cm³/mol. The van der Waals surface area contributed by atoms with E-state index >= 15 is 0 Å². The van der Waals surface area contributed by atoms with Gasteiger partial charge in [0.2, 0.25) is 0 Å². The number of imidazole rings is 1. The molecule has 0 bridgehead atoms. The number of fused-ring (bicyclic) bond motifs is 2. The van der Waals surface area contributed by atoms with Crippen LogP contribution in [-0.4, -0.2) is 44.6 Å². The van der Waals surface area contributed by atoms with E-state index in [-0.39, 0.29) is 0 Å². The molecule has 1 atom stereocenters. The number of aryl methyl sites for hydroxylation is 3. The molecule has 1 fully saturated rings. The maximum atomic E-state index is 6.15. The van der Waals surface area contributed by atoms with Crippen LogP contribution in [0.25, 0.3) is 11.2 Å². The van der Waals surface area contributed by atoms with Crippen LogP contribution < -0.4 is 5.73 Å². The Kier molecular flexibility index (Phi) is 5.90. The normalized spacial score (nSPS) is 19.5. The van der Waals surface area contributed by atoms with Crippen LogP contribution >= 0.6 is 34.4 Å². The average molecular weight is 534 g/mol. The zero-order valence-electron chi connectivity index (χ0n) is 17.3. The van der Waals surface area contributed by atoms with Crippen LogP contribution in [-0.2, 0) is 19.4 Å². The van der Waals surface area contributed by atoms with Gasteiger partial charge in [0.05, 0.1) is 0 Å². The molecule has 1 aliphatic carbocycles. The lowest BCUT2D eigenvalue weighted by Crippen LogP contribution is -2.32. The van der Waals surface area contributed by atoms with Gasteiger partial charge in [-0.15, -0.1) is 0 Å². The van der Waals surface area contributed by atoms with E-state index in [2.05, 4.69) is 61.2 Å². The van der Waals surface area contributed by atoms with Crippen molar-refractivity contribution in [2.75, 3.05) is 25.9 Å². The number of rotatable bonds is 5. The van der Waals surface area contributed by atoms with Gasteiger partial charge in [0.1, 0.15) is 6.33 Å². The minimum absolute atomic E-state index is 0.460. The smallest absolute Gasteiger partial charge is 0.175 e. The van der Waals surface area contributed by atoms with Crippen molar-refractivity contribution in [3.8, 4) is 0 Å². The number of aromatic nitrogens is 4. The third-order valence-corrected chi connectivity index (χ3v) is 8.67. The van der Waals surface area contributed by atoms with Gasteiger partial charge in [-0.2, -0.15) is 0 Å². The summed E-state index contributed by atoms with van der Waals surface area (Å²) in [7, 11) is 2.23. The molecule has 1 saturated heterocycles. The van der Waals surface area contributed by atoms with E-state index in [0.717, 1.165) is 35.2 Å². The SMILES string of the molecule is CN1CCCC(CCn2c(Sc3cc4c(cc3I)CCC4)nc3c(N)ncnc32)C1. The Morgan fingerprint density at radius 3 is 2.87 bits per heavy atom. The summed E-state index contributed by atoms with van der Waals surface area (Å²) in [4.78, 5) is 17.3.